The van der Waals surface area contributed by atoms with E-state index in [1.807, 2.05) is 37.3 Å². The molecule has 0 saturated carbocycles. The van der Waals surface area contributed by atoms with Crippen molar-refractivity contribution in [3.8, 4) is 11.3 Å². The second-order valence-electron chi connectivity index (χ2n) is 6.43. The molecule has 5 rings (SSSR count). The first-order valence-corrected chi connectivity index (χ1v) is 8.53. The molecule has 1 aliphatic heterocycles. The van der Waals surface area contributed by atoms with E-state index in [1.165, 1.54) is 4.90 Å². The van der Waals surface area contributed by atoms with Crippen LogP contribution >= 0.6 is 0 Å². The Morgan fingerprint density at radius 3 is 2.33 bits per heavy atom. The fraction of sp³-hybridized carbons (Fsp3) is 0.0476. The van der Waals surface area contributed by atoms with Crippen LogP contribution in [0.2, 0.25) is 0 Å². The highest BCUT2D eigenvalue weighted by Gasteiger charge is 2.36. The topological polar surface area (TPSA) is 67.6 Å². The van der Waals surface area contributed by atoms with Crippen LogP contribution in [0.5, 0.6) is 0 Å². The monoisotopic (exact) mass is 354 g/mol. The Hall–Kier alpha value is -3.80. The van der Waals surface area contributed by atoms with Crippen molar-refractivity contribution in [2.45, 2.75) is 6.92 Å². The van der Waals surface area contributed by atoms with E-state index in [-0.39, 0.29) is 11.8 Å². The molecule has 2 aromatic carbocycles. The average Bonchev–Trinajstić information content (AvgIpc) is 3.19. The Labute approximate surface area is 154 Å². The Morgan fingerprint density at radius 1 is 0.852 bits per heavy atom. The molecule has 130 valence electrons. The van der Waals surface area contributed by atoms with Gasteiger partial charge < -0.3 is 0 Å². The van der Waals surface area contributed by atoms with Crippen molar-refractivity contribution in [1.29, 1.82) is 0 Å². The van der Waals surface area contributed by atoms with Crippen LogP contribution in [-0.2, 0) is 0 Å². The molecule has 6 heteroatoms. The number of anilines is 1. The molecular formula is C21H14N4O2. The van der Waals surface area contributed by atoms with Crippen LogP contribution in [-0.4, -0.2) is 26.4 Å². The summed E-state index contributed by atoms with van der Waals surface area (Å²) in [5, 5.41) is 4.49. The summed E-state index contributed by atoms with van der Waals surface area (Å²) in [5.41, 5.74) is 4.70. The van der Waals surface area contributed by atoms with Gasteiger partial charge in [-0.1, -0.05) is 24.3 Å². The molecule has 0 aliphatic carbocycles. The van der Waals surface area contributed by atoms with Crippen molar-refractivity contribution in [2.24, 2.45) is 0 Å². The third-order valence-corrected chi connectivity index (χ3v) is 4.67. The molecule has 3 heterocycles. The fourth-order valence-corrected chi connectivity index (χ4v) is 3.46. The second kappa shape index (κ2) is 5.60. The zero-order valence-electron chi connectivity index (χ0n) is 14.5. The van der Waals surface area contributed by atoms with E-state index in [9.17, 15) is 9.59 Å². The zero-order valence-corrected chi connectivity index (χ0v) is 14.5. The van der Waals surface area contributed by atoms with E-state index in [2.05, 4.69) is 10.1 Å². The van der Waals surface area contributed by atoms with Crippen LogP contribution in [0.15, 0.2) is 66.9 Å². The van der Waals surface area contributed by atoms with E-state index in [1.54, 1.807) is 41.0 Å². The summed E-state index contributed by atoms with van der Waals surface area (Å²) in [5.74, 6) is -0.606. The molecule has 0 unspecified atom stereocenters. The van der Waals surface area contributed by atoms with Gasteiger partial charge in [-0.15, -0.1) is 0 Å². The molecule has 0 spiro atoms. The number of carbonyl (C=O) groups is 2. The SMILES string of the molecule is Cc1cc2nccc(-c3cccc(N4C(=O)c5ccccc5C4=O)c3)n2n1. The quantitative estimate of drug-likeness (QED) is 0.517. The first-order valence-electron chi connectivity index (χ1n) is 8.53. The van der Waals surface area contributed by atoms with Crippen molar-refractivity contribution in [3.63, 3.8) is 0 Å². The van der Waals surface area contributed by atoms with Crippen LogP contribution in [0.25, 0.3) is 16.9 Å². The van der Waals surface area contributed by atoms with Crippen molar-refractivity contribution in [1.82, 2.24) is 14.6 Å². The van der Waals surface area contributed by atoms with E-state index in [0.29, 0.717) is 16.8 Å². The summed E-state index contributed by atoms with van der Waals surface area (Å²) in [7, 11) is 0. The number of rotatable bonds is 2. The number of aromatic nitrogens is 3. The second-order valence-corrected chi connectivity index (χ2v) is 6.43. The summed E-state index contributed by atoms with van der Waals surface area (Å²) < 4.78 is 1.76. The van der Waals surface area contributed by atoms with Gasteiger partial charge in [0.15, 0.2) is 5.65 Å². The van der Waals surface area contributed by atoms with Gasteiger partial charge in [0.1, 0.15) is 0 Å². The van der Waals surface area contributed by atoms with Gasteiger partial charge in [0.05, 0.1) is 28.2 Å². The normalized spacial score (nSPS) is 13.4. The Bertz CT molecular complexity index is 1210. The number of benzene rings is 2. The van der Waals surface area contributed by atoms with Gasteiger partial charge >= 0.3 is 0 Å². The van der Waals surface area contributed by atoms with Gasteiger partial charge in [-0.25, -0.2) is 14.4 Å². The Balaban J connectivity index is 1.63. The van der Waals surface area contributed by atoms with Crippen molar-refractivity contribution in [3.05, 3.63) is 83.7 Å². The van der Waals surface area contributed by atoms with Crippen LogP contribution < -0.4 is 4.90 Å². The van der Waals surface area contributed by atoms with Crippen LogP contribution in [0.3, 0.4) is 0 Å². The highest BCUT2D eigenvalue weighted by atomic mass is 16.2. The first-order chi connectivity index (χ1) is 13.1. The summed E-state index contributed by atoms with van der Waals surface area (Å²) in [4.78, 5) is 31.0. The number of carbonyl (C=O) groups excluding carboxylic acids is 2. The summed E-state index contributed by atoms with van der Waals surface area (Å²) in [6.45, 7) is 1.91. The van der Waals surface area contributed by atoms with E-state index < -0.39 is 0 Å². The molecule has 27 heavy (non-hydrogen) atoms. The van der Waals surface area contributed by atoms with Gasteiger partial charge in [0, 0.05) is 17.8 Å². The van der Waals surface area contributed by atoms with Crippen LogP contribution in [0, 0.1) is 6.92 Å². The van der Waals surface area contributed by atoms with E-state index in [4.69, 9.17) is 0 Å². The number of fused-ring (bicyclic) bond motifs is 2. The summed E-state index contributed by atoms with van der Waals surface area (Å²) in [6.07, 6.45) is 1.72. The molecule has 0 saturated heterocycles. The summed E-state index contributed by atoms with van der Waals surface area (Å²) in [6, 6.07) is 18.0. The molecule has 0 radical (unpaired) electrons. The zero-order chi connectivity index (χ0) is 18.5. The van der Waals surface area contributed by atoms with Gasteiger partial charge in [-0.2, -0.15) is 5.10 Å². The molecular weight excluding hydrogens is 340 g/mol. The molecule has 6 nitrogen and oxygen atoms in total. The Kier molecular flexibility index (Phi) is 3.21. The third kappa shape index (κ3) is 2.27. The molecule has 0 fully saturated rings. The largest absolute Gasteiger partial charge is 0.268 e. The lowest BCUT2D eigenvalue weighted by Gasteiger charge is -2.15. The minimum absolute atomic E-state index is 0.303. The standard InChI is InChI=1S/C21H14N4O2/c1-13-11-19-22-10-9-18(25(19)23-13)14-5-4-6-15(12-14)24-20(26)16-7-2-3-8-17(16)21(24)27/h2-12H,1H3. The average molecular weight is 354 g/mol. The smallest absolute Gasteiger partial charge is 0.266 e. The number of hydrogen-bond donors (Lipinski definition) is 0. The van der Waals surface area contributed by atoms with Gasteiger partial charge in [0.2, 0.25) is 0 Å². The lowest BCUT2D eigenvalue weighted by Crippen LogP contribution is -2.29. The van der Waals surface area contributed by atoms with Gasteiger partial charge in [0.25, 0.3) is 11.8 Å². The maximum Gasteiger partial charge on any atom is 0.266 e. The van der Waals surface area contributed by atoms with Crippen LogP contribution in [0.1, 0.15) is 26.4 Å². The highest BCUT2D eigenvalue weighted by Crippen LogP contribution is 2.31. The minimum Gasteiger partial charge on any atom is -0.268 e. The van der Waals surface area contributed by atoms with Crippen molar-refractivity contribution < 1.29 is 9.59 Å². The van der Waals surface area contributed by atoms with Crippen molar-refractivity contribution >= 4 is 23.1 Å². The highest BCUT2D eigenvalue weighted by molar-refractivity contribution is 6.34. The molecule has 4 aromatic rings. The molecule has 1 aliphatic rings. The molecule has 0 N–H and O–H groups in total. The summed E-state index contributed by atoms with van der Waals surface area (Å²) >= 11 is 0. The predicted octanol–water partition coefficient (Wildman–Crippen LogP) is 3.51. The molecule has 0 atom stereocenters. The maximum absolute atomic E-state index is 12.7. The van der Waals surface area contributed by atoms with Gasteiger partial charge in [-0.05, 0) is 37.3 Å². The molecule has 0 bridgehead atoms. The van der Waals surface area contributed by atoms with E-state index >= 15 is 0 Å². The number of hydrogen-bond acceptors (Lipinski definition) is 4. The maximum atomic E-state index is 12.7. The number of nitrogens with zero attached hydrogens (tertiary/aromatic N) is 4. The van der Waals surface area contributed by atoms with Crippen LogP contribution in [0.4, 0.5) is 5.69 Å². The number of amides is 2. The predicted molar refractivity (Wildman–Crippen MR) is 101 cm³/mol. The first kappa shape index (κ1) is 15.5. The van der Waals surface area contributed by atoms with E-state index in [0.717, 1.165) is 22.6 Å². The third-order valence-electron chi connectivity index (χ3n) is 4.67. The molecule has 2 amide bonds. The van der Waals surface area contributed by atoms with Gasteiger partial charge in [-0.3, -0.25) is 9.59 Å². The fourth-order valence-electron chi connectivity index (χ4n) is 3.46. The number of imide groups is 1. The lowest BCUT2D eigenvalue weighted by atomic mass is 10.1. The minimum atomic E-state index is -0.303. The van der Waals surface area contributed by atoms with Crippen molar-refractivity contribution in [2.75, 3.05) is 4.90 Å². The lowest BCUT2D eigenvalue weighted by molar-refractivity contribution is 0.0926. The molecule has 2 aromatic heterocycles. The number of aryl methyl sites for hydroxylation is 1. The Morgan fingerprint density at radius 2 is 1.59 bits per heavy atom.